The van der Waals surface area contributed by atoms with Gasteiger partial charge in [0.25, 0.3) is 5.91 Å². The molecule has 0 aliphatic carbocycles. The summed E-state index contributed by atoms with van der Waals surface area (Å²) in [5.74, 6) is 0.928. The van der Waals surface area contributed by atoms with Crippen LogP contribution in [0.3, 0.4) is 0 Å². The van der Waals surface area contributed by atoms with E-state index < -0.39 is 0 Å². The van der Waals surface area contributed by atoms with E-state index in [1.807, 2.05) is 11.5 Å². The first-order chi connectivity index (χ1) is 8.17. The second kappa shape index (κ2) is 7.34. The molecule has 1 aromatic rings. The van der Waals surface area contributed by atoms with Crippen molar-refractivity contribution in [1.82, 2.24) is 14.9 Å². The number of rotatable bonds is 7. The quantitative estimate of drug-likeness (QED) is 0.753. The maximum atomic E-state index is 11.8. The van der Waals surface area contributed by atoms with Crippen LogP contribution in [0.5, 0.6) is 0 Å². The molecule has 6 heteroatoms. The third kappa shape index (κ3) is 4.79. The minimum atomic E-state index is -0.116. The molecule has 5 nitrogen and oxygen atoms in total. The van der Waals surface area contributed by atoms with Crippen molar-refractivity contribution >= 4 is 17.7 Å². The van der Waals surface area contributed by atoms with E-state index in [0.29, 0.717) is 18.8 Å². The van der Waals surface area contributed by atoms with Crippen LogP contribution in [0.15, 0.2) is 12.5 Å². The van der Waals surface area contributed by atoms with Crippen molar-refractivity contribution in [2.75, 3.05) is 18.6 Å². The second-order valence-corrected chi connectivity index (χ2v) is 4.93. The summed E-state index contributed by atoms with van der Waals surface area (Å²) in [6, 6.07) is 0.176. The van der Waals surface area contributed by atoms with Crippen molar-refractivity contribution in [3.05, 3.63) is 18.2 Å². The molecule has 0 radical (unpaired) electrons. The summed E-state index contributed by atoms with van der Waals surface area (Å²) in [7, 11) is 0. The molecular weight excluding hydrogens is 236 g/mol. The van der Waals surface area contributed by atoms with Gasteiger partial charge in [0.15, 0.2) is 0 Å². The molecule has 0 bridgehead atoms. The molecule has 0 spiro atoms. The van der Waals surface area contributed by atoms with Gasteiger partial charge in [0, 0.05) is 25.3 Å². The lowest BCUT2D eigenvalue weighted by Crippen LogP contribution is -2.33. The van der Waals surface area contributed by atoms with Crippen molar-refractivity contribution in [2.24, 2.45) is 5.73 Å². The van der Waals surface area contributed by atoms with Gasteiger partial charge in [0.05, 0.1) is 6.33 Å². The number of carbonyl (C=O) groups is 1. The van der Waals surface area contributed by atoms with E-state index in [4.69, 9.17) is 5.73 Å². The lowest BCUT2D eigenvalue weighted by atomic mass is 10.2. The van der Waals surface area contributed by atoms with Crippen LogP contribution >= 0.6 is 11.8 Å². The number of nitrogens with one attached hydrogen (secondary N) is 1. The molecular formula is C11H20N4OS. The fourth-order valence-corrected chi connectivity index (χ4v) is 2.00. The van der Waals surface area contributed by atoms with Crippen LogP contribution in [0.1, 0.15) is 23.8 Å². The Morgan fingerprint density at radius 3 is 3.12 bits per heavy atom. The van der Waals surface area contributed by atoms with Gasteiger partial charge in [-0.15, -0.1) is 0 Å². The van der Waals surface area contributed by atoms with Crippen molar-refractivity contribution in [3.8, 4) is 0 Å². The molecule has 1 heterocycles. The van der Waals surface area contributed by atoms with Crippen LogP contribution in [-0.4, -0.2) is 40.1 Å². The van der Waals surface area contributed by atoms with Gasteiger partial charge in [-0.05, 0) is 25.4 Å². The van der Waals surface area contributed by atoms with Crippen molar-refractivity contribution < 1.29 is 4.79 Å². The van der Waals surface area contributed by atoms with Gasteiger partial charge in [0.2, 0.25) is 0 Å². The van der Waals surface area contributed by atoms with Gasteiger partial charge in [-0.3, -0.25) is 4.79 Å². The molecule has 3 N–H and O–H groups in total. The Morgan fingerprint density at radius 1 is 1.71 bits per heavy atom. The van der Waals surface area contributed by atoms with Gasteiger partial charge < -0.3 is 15.6 Å². The molecule has 1 rings (SSSR count). The third-order valence-corrected chi connectivity index (χ3v) is 3.03. The predicted octanol–water partition coefficient (Wildman–Crippen LogP) is 0.713. The Morgan fingerprint density at radius 2 is 2.47 bits per heavy atom. The highest BCUT2D eigenvalue weighted by Gasteiger charge is 2.11. The zero-order valence-electron chi connectivity index (χ0n) is 10.3. The van der Waals surface area contributed by atoms with E-state index in [1.54, 1.807) is 24.3 Å². The molecule has 17 heavy (non-hydrogen) atoms. The summed E-state index contributed by atoms with van der Waals surface area (Å²) < 4.78 is 1.82. The van der Waals surface area contributed by atoms with Crippen molar-refractivity contribution in [2.45, 2.75) is 25.9 Å². The number of nitrogens with two attached hydrogens (primary N) is 1. The van der Waals surface area contributed by atoms with Gasteiger partial charge >= 0.3 is 0 Å². The van der Waals surface area contributed by atoms with Crippen LogP contribution in [0, 0.1) is 0 Å². The maximum Gasteiger partial charge on any atom is 0.271 e. The number of imidazole rings is 1. The lowest BCUT2D eigenvalue weighted by Gasteiger charge is -2.11. The number of hydrogen-bond acceptors (Lipinski definition) is 4. The fraction of sp³-hybridized carbons (Fsp3) is 0.636. The highest BCUT2D eigenvalue weighted by molar-refractivity contribution is 7.98. The molecule has 1 unspecified atom stereocenters. The number of hydrogen-bond donors (Lipinski definition) is 2. The van der Waals surface area contributed by atoms with E-state index in [0.717, 1.165) is 12.2 Å². The van der Waals surface area contributed by atoms with E-state index in [-0.39, 0.29) is 11.9 Å². The first-order valence-electron chi connectivity index (χ1n) is 5.69. The number of amides is 1. The van der Waals surface area contributed by atoms with Crippen LogP contribution < -0.4 is 11.1 Å². The summed E-state index contributed by atoms with van der Waals surface area (Å²) in [6.45, 7) is 3.23. The van der Waals surface area contributed by atoms with Gasteiger partial charge in [0.1, 0.15) is 5.69 Å². The molecule has 0 fully saturated rings. The Labute approximate surface area is 106 Å². The second-order valence-electron chi connectivity index (χ2n) is 3.94. The maximum absolute atomic E-state index is 11.8. The minimum absolute atomic E-state index is 0.116. The van der Waals surface area contributed by atoms with Crippen molar-refractivity contribution in [3.63, 3.8) is 0 Å². The molecule has 0 aliphatic heterocycles. The van der Waals surface area contributed by atoms with Crippen LogP contribution in [0.25, 0.3) is 0 Å². The molecule has 1 amide bonds. The number of carbonyl (C=O) groups excluding carboxylic acids is 1. The normalized spacial score (nSPS) is 12.4. The highest BCUT2D eigenvalue weighted by atomic mass is 32.2. The molecule has 0 saturated carbocycles. The van der Waals surface area contributed by atoms with Gasteiger partial charge in [-0.1, -0.05) is 0 Å². The average Bonchev–Trinajstić information content (AvgIpc) is 2.75. The van der Waals surface area contributed by atoms with Crippen LogP contribution in [0.2, 0.25) is 0 Å². The summed E-state index contributed by atoms with van der Waals surface area (Å²) in [4.78, 5) is 15.9. The summed E-state index contributed by atoms with van der Waals surface area (Å²) in [5, 5.41) is 2.93. The molecule has 1 aromatic heterocycles. The summed E-state index contributed by atoms with van der Waals surface area (Å²) >= 11 is 1.78. The predicted molar refractivity (Wildman–Crippen MR) is 71.2 cm³/mol. The van der Waals surface area contributed by atoms with Gasteiger partial charge in [-0.25, -0.2) is 4.98 Å². The highest BCUT2D eigenvalue weighted by Crippen LogP contribution is 2.02. The van der Waals surface area contributed by atoms with Crippen LogP contribution in [0.4, 0.5) is 0 Å². The molecule has 96 valence electrons. The Hall–Kier alpha value is -1.01. The Kier molecular flexibility index (Phi) is 6.07. The fourth-order valence-electron chi connectivity index (χ4n) is 1.41. The van der Waals surface area contributed by atoms with Crippen molar-refractivity contribution in [1.29, 1.82) is 0 Å². The standard InChI is InChI=1S/C11H20N4OS/c1-9(3-6-17-2)14-11(16)10-7-15(5-4-12)8-13-10/h7-9H,3-6,12H2,1-2H3,(H,14,16). The van der Waals surface area contributed by atoms with E-state index in [2.05, 4.69) is 16.6 Å². The number of thioether (sulfide) groups is 1. The zero-order valence-corrected chi connectivity index (χ0v) is 11.2. The molecule has 0 aromatic carbocycles. The van der Waals surface area contributed by atoms with E-state index in [1.165, 1.54) is 0 Å². The topological polar surface area (TPSA) is 72.9 Å². The van der Waals surface area contributed by atoms with E-state index in [9.17, 15) is 4.79 Å². The Bertz CT molecular complexity index is 353. The number of nitrogens with zero attached hydrogens (tertiary/aromatic N) is 2. The largest absolute Gasteiger partial charge is 0.348 e. The SMILES string of the molecule is CSCCC(C)NC(=O)c1cn(CCN)cn1. The van der Waals surface area contributed by atoms with E-state index >= 15 is 0 Å². The monoisotopic (exact) mass is 256 g/mol. The summed E-state index contributed by atoms with van der Waals surface area (Å²) in [5.41, 5.74) is 5.88. The molecule has 1 atom stereocenters. The van der Waals surface area contributed by atoms with Crippen LogP contribution in [-0.2, 0) is 6.54 Å². The Balaban J connectivity index is 2.45. The molecule has 0 aliphatic rings. The summed E-state index contributed by atoms with van der Waals surface area (Å²) in [6.07, 6.45) is 6.39. The third-order valence-electron chi connectivity index (χ3n) is 2.39. The molecule has 0 saturated heterocycles. The lowest BCUT2D eigenvalue weighted by molar-refractivity contribution is 0.0935. The zero-order chi connectivity index (χ0) is 12.7. The number of aromatic nitrogens is 2. The minimum Gasteiger partial charge on any atom is -0.348 e. The average molecular weight is 256 g/mol. The van der Waals surface area contributed by atoms with Gasteiger partial charge in [-0.2, -0.15) is 11.8 Å². The first kappa shape index (κ1) is 14.1. The smallest absolute Gasteiger partial charge is 0.271 e. The first-order valence-corrected chi connectivity index (χ1v) is 7.08.